The topological polar surface area (TPSA) is 101 Å². The molecule has 1 heterocycles. The van der Waals surface area contributed by atoms with Crippen molar-refractivity contribution in [3.8, 4) is 0 Å². The average molecular weight is 347 g/mol. The van der Waals surface area contributed by atoms with Gasteiger partial charge in [0.25, 0.3) is 10.1 Å². The SMILES string of the molecule is COC(=O)Cc1c(C(=O)OC)ccn1CCCCOS(C)(=O)=O. The zero-order valence-corrected chi connectivity index (χ0v) is 14.2. The molecule has 0 saturated carbocycles. The molecule has 0 aliphatic carbocycles. The Labute approximate surface area is 135 Å². The van der Waals surface area contributed by atoms with Gasteiger partial charge in [-0.15, -0.1) is 0 Å². The van der Waals surface area contributed by atoms with Crippen molar-refractivity contribution < 1.29 is 31.7 Å². The Balaban J connectivity index is 2.71. The van der Waals surface area contributed by atoms with Gasteiger partial charge in [0.1, 0.15) is 0 Å². The van der Waals surface area contributed by atoms with Crippen LogP contribution >= 0.6 is 0 Å². The van der Waals surface area contributed by atoms with Crippen LogP contribution < -0.4 is 0 Å². The Morgan fingerprint density at radius 1 is 1.17 bits per heavy atom. The van der Waals surface area contributed by atoms with Crippen molar-refractivity contribution >= 4 is 22.1 Å². The van der Waals surface area contributed by atoms with Crippen molar-refractivity contribution in [2.75, 3.05) is 27.1 Å². The van der Waals surface area contributed by atoms with E-state index in [1.165, 1.54) is 14.2 Å². The highest BCUT2D eigenvalue weighted by atomic mass is 32.2. The first-order valence-electron chi connectivity index (χ1n) is 6.96. The predicted octanol–water partition coefficient (Wildman–Crippen LogP) is 0.747. The summed E-state index contributed by atoms with van der Waals surface area (Å²) in [4.78, 5) is 23.2. The van der Waals surface area contributed by atoms with E-state index in [1.54, 1.807) is 16.8 Å². The van der Waals surface area contributed by atoms with E-state index in [9.17, 15) is 18.0 Å². The minimum Gasteiger partial charge on any atom is -0.469 e. The summed E-state index contributed by atoms with van der Waals surface area (Å²) in [7, 11) is -0.895. The maximum atomic E-state index is 11.7. The van der Waals surface area contributed by atoms with Gasteiger partial charge in [0.05, 0.1) is 39.1 Å². The third-order valence-corrected chi connectivity index (χ3v) is 3.71. The van der Waals surface area contributed by atoms with Gasteiger partial charge in [-0.3, -0.25) is 8.98 Å². The third kappa shape index (κ3) is 6.41. The second kappa shape index (κ2) is 8.68. The lowest BCUT2D eigenvalue weighted by molar-refractivity contribution is -0.139. The summed E-state index contributed by atoms with van der Waals surface area (Å²) in [6.07, 6.45) is 3.78. The molecule has 0 N–H and O–H groups in total. The summed E-state index contributed by atoms with van der Waals surface area (Å²) in [5.41, 5.74) is 0.818. The van der Waals surface area contributed by atoms with Gasteiger partial charge in [0.2, 0.25) is 0 Å². The van der Waals surface area contributed by atoms with Crippen molar-refractivity contribution in [1.82, 2.24) is 4.57 Å². The summed E-state index contributed by atoms with van der Waals surface area (Å²) in [6.45, 7) is 0.604. The van der Waals surface area contributed by atoms with Gasteiger partial charge in [-0.1, -0.05) is 0 Å². The van der Waals surface area contributed by atoms with Crippen molar-refractivity contribution in [3.05, 3.63) is 23.5 Å². The molecule has 130 valence electrons. The van der Waals surface area contributed by atoms with Crippen LogP contribution in [0, 0.1) is 0 Å². The van der Waals surface area contributed by atoms with E-state index >= 15 is 0 Å². The fourth-order valence-corrected chi connectivity index (χ4v) is 2.43. The number of unbranched alkanes of at least 4 members (excludes halogenated alkanes) is 1. The number of esters is 2. The molecule has 23 heavy (non-hydrogen) atoms. The van der Waals surface area contributed by atoms with Gasteiger partial charge in [-0.2, -0.15) is 8.42 Å². The van der Waals surface area contributed by atoms with Crippen LogP contribution in [0.25, 0.3) is 0 Å². The largest absolute Gasteiger partial charge is 0.469 e. The number of hydrogen-bond acceptors (Lipinski definition) is 7. The minimum atomic E-state index is -3.44. The molecule has 0 bridgehead atoms. The summed E-state index contributed by atoms with van der Waals surface area (Å²) in [6, 6.07) is 1.58. The molecular formula is C14H21NO7S. The molecule has 1 rings (SSSR count). The van der Waals surface area contributed by atoms with Gasteiger partial charge in [-0.25, -0.2) is 4.79 Å². The van der Waals surface area contributed by atoms with Crippen molar-refractivity contribution in [1.29, 1.82) is 0 Å². The first-order chi connectivity index (χ1) is 10.8. The van der Waals surface area contributed by atoms with E-state index in [1.807, 2.05) is 0 Å². The molecule has 0 unspecified atom stereocenters. The number of nitrogens with zero attached hydrogens (tertiary/aromatic N) is 1. The number of ether oxygens (including phenoxy) is 2. The first-order valence-corrected chi connectivity index (χ1v) is 8.77. The summed E-state index contributed by atoms with van der Waals surface area (Å²) >= 11 is 0. The van der Waals surface area contributed by atoms with Crippen molar-refractivity contribution in [3.63, 3.8) is 0 Å². The molecule has 0 aliphatic rings. The van der Waals surface area contributed by atoms with Crippen LogP contribution in [-0.2, 0) is 41.5 Å². The minimum absolute atomic E-state index is 0.0478. The normalized spacial score (nSPS) is 11.3. The monoisotopic (exact) mass is 347 g/mol. The Morgan fingerprint density at radius 2 is 1.87 bits per heavy atom. The number of aromatic nitrogens is 1. The van der Waals surface area contributed by atoms with Crippen LogP contribution in [0.5, 0.6) is 0 Å². The van der Waals surface area contributed by atoms with Gasteiger partial charge < -0.3 is 14.0 Å². The average Bonchev–Trinajstić information content (AvgIpc) is 2.87. The van der Waals surface area contributed by atoms with Crippen LogP contribution in [0.4, 0.5) is 0 Å². The van der Waals surface area contributed by atoms with Crippen LogP contribution in [0.15, 0.2) is 12.3 Å². The Morgan fingerprint density at radius 3 is 2.43 bits per heavy atom. The standard InChI is InChI=1S/C14H21NO7S/c1-20-13(16)10-12-11(14(17)21-2)6-8-15(12)7-4-5-9-22-23(3,18)19/h6,8H,4-5,7,9-10H2,1-3H3. The molecule has 0 aliphatic heterocycles. The second-order valence-corrected chi connectivity index (χ2v) is 6.49. The lowest BCUT2D eigenvalue weighted by Gasteiger charge is -2.10. The highest BCUT2D eigenvalue weighted by Gasteiger charge is 2.19. The summed E-state index contributed by atoms with van der Waals surface area (Å²) in [5.74, 6) is -0.987. The number of methoxy groups -OCH3 is 2. The van der Waals surface area contributed by atoms with Crippen molar-refractivity contribution in [2.45, 2.75) is 25.8 Å². The predicted molar refractivity (Wildman–Crippen MR) is 81.5 cm³/mol. The quantitative estimate of drug-likeness (QED) is 0.369. The van der Waals surface area contributed by atoms with E-state index < -0.39 is 22.1 Å². The van der Waals surface area contributed by atoms with Gasteiger partial charge in [-0.05, 0) is 18.9 Å². The second-order valence-electron chi connectivity index (χ2n) is 4.85. The van der Waals surface area contributed by atoms with Gasteiger partial charge in [0, 0.05) is 18.4 Å². The lowest BCUT2D eigenvalue weighted by Crippen LogP contribution is -2.14. The van der Waals surface area contributed by atoms with Crippen LogP contribution in [-0.4, -0.2) is 52.0 Å². The molecule has 0 aromatic carbocycles. The first kappa shape index (κ1) is 19.2. The fraction of sp³-hybridized carbons (Fsp3) is 0.571. The molecule has 9 heteroatoms. The highest BCUT2D eigenvalue weighted by Crippen LogP contribution is 2.15. The Hall–Kier alpha value is -1.87. The zero-order chi connectivity index (χ0) is 17.5. The van der Waals surface area contributed by atoms with Crippen LogP contribution in [0.2, 0.25) is 0 Å². The Bertz CT molecular complexity index is 648. The molecule has 0 amide bonds. The van der Waals surface area contributed by atoms with E-state index in [0.717, 1.165) is 6.26 Å². The van der Waals surface area contributed by atoms with Crippen LogP contribution in [0.3, 0.4) is 0 Å². The summed E-state index contributed by atoms with van der Waals surface area (Å²) in [5, 5.41) is 0. The zero-order valence-electron chi connectivity index (χ0n) is 13.4. The number of hydrogen-bond donors (Lipinski definition) is 0. The molecule has 0 fully saturated rings. The van der Waals surface area contributed by atoms with Crippen molar-refractivity contribution in [2.24, 2.45) is 0 Å². The third-order valence-electron chi connectivity index (χ3n) is 3.11. The van der Waals surface area contributed by atoms with E-state index in [4.69, 9.17) is 4.74 Å². The molecule has 1 aromatic rings. The van der Waals surface area contributed by atoms with Gasteiger partial charge in [0.15, 0.2) is 0 Å². The smallest absolute Gasteiger partial charge is 0.339 e. The number of carbonyl (C=O) groups excluding carboxylic acids is 2. The molecule has 0 atom stereocenters. The molecule has 0 spiro atoms. The van der Waals surface area contributed by atoms with E-state index in [2.05, 4.69) is 8.92 Å². The van der Waals surface area contributed by atoms with E-state index in [-0.39, 0.29) is 13.0 Å². The molecule has 0 radical (unpaired) electrons. The maximum absolute atomic E-state index is 11.7. The van der Waals surface area contributed by atoms with E-state index in [0.29, 0.717) is 30.6 Å². The fourth-order valence-electron chi connectivity index (χ4n) is 2.01. The highest BCUT2D eigenvalue weighted by molar-refractivity contribution is 7.85. The number of carbonyl (C=O) groups is 2. The Kier molecular flexibility index (Phi) is 7.24. The van der Waals surface area contributed by atoms with Crippen LogP contribution in [0.1, 0.15) is 28.9 Å². The maximum Gasteiger partial charge on any atom is 0.339 e. The number of aryl methyl sites for hydroxylation is 1. The summed E-state index contributed by atoms with van der Waals surface area (Å²) < 4.78 is 37.4. The molecule has 8 nitrogen and oxygen atoms in total. The number of rotatable bonds is 9. The molecule has 0 saturated heterocycles. The molecule has 1 aromatic heterocycles. The molecular weight excluding hydrogens is 326 g/mol. The van der Waals surface area contributed by atoms with Gasteiger partial charge >= 0.3 is 11.9 Å². The lowest BCUT2D eigenvalue weighted by atomic mass is 10.2.